The van der Waals surface area contributed by atoms with Gasteiger partial charge in [-0.2, -0.15) is 0 Å². The normalized spacial score (nSPS) is 8.64. The summed E-state index contributed by atoms with van der Waals surface area (Å²) in [5.74, 6) is 0. The minimum atomic E-state index is -1.34. The van der Waals surface area contributed by atoms with Gasteiger partial charge in [-0.3, -0.25) is 9.59 Å². The van der Waals surface area contributed by atoms with Gasteiger partial charge in [0.15, 0.2) is 0 Å². The van der Waals surface area contributed by atoms with Crippen molar-refractivity contribution in [3.05, 3.63) is 125 Å². The zero-order chi connectivity index (χ0) is 27.2. The van der Waals surface area contributed by atoms with Crippen LogP contribution in [0.3, 0.4) is 0 Å². The van der Waals surface area contributed by atoms with E-state index in [4.69, 9.17) is 10.0 Å². The highest BCUT2D eigenvalue weighted by atomic mass is 79.9. The number of carbonyl (C=O) groups is 2. The predicted molar refractivity (Wildman–Crippen MR) is 156 cm³/mol. The van der Waals surface area contributed by atoms with Crippen molar-refractivity contribution in [2.24, 2.45) is 0 Å². The van der Waals surface area contributed by atoms with E-state index in [1.165, 1.54) is 5.56 Å². The molecule has 0 amide bonds. The van der Waals surface area contributed by atoms with Crippen molar-refractivity contribution < 1.29 is 19.6 Å². The van der Waals surface area contributed by atoms with Crippen molar-refractivity contribution in [3.63, 3.8) is 0 Å². The maximum absolute atomic E-state index is 10.5. The number of hydrogen-bond acceptors (Lipinski definition) is 4. The highest BCUT2D eigenvalue weighted by Crippen LogP contribution is 2.18. The minimum absolute atomic E-state index is 0.525. The van der Waals surface area contributed by atoms with E-state index in [1.807, 2.05) is 88.4 Å². The molecule has 0 radical (unpaired) electrons. The number of aldehydes is 2. The molecule has 0 saturated carbocycles. The number of hydrogen-bond donors (Lipinski definition) is 2. The monoisotopic (exact) mass is 548 g/mol. The number of carbonyl (C=O) groups excluding carboxylic acids is 2. The summed E-state index contributed by atoms with van der Waals surface area (Å²) in [6.45, 7) is 8.00. The molecular formula is C30H34BBrO4. The highest BCUT2D eigenvalue weighted by molar-refractivity contribution is 9.10. The van der Waals surface area contributed by atoms with Crippen LogP contribution in [0.25, 0.3) is 11.1 Å². The van der Waals surface area contributed by atoms with Crippen molar-refractivity contribution in [3.8, 4) is 11.1 Å². The molecule has 0 aliphatic heterocycles. The first-order valence-electron chi connectivity index (χ1n) is 11.8. The van der Waals surface area contributed by atoms with Gasteiger partial charge in [-0.05, 0) is 28.7 Å². The van der Waals surface area contributed by atoms with Gasteiger partial charge < -0.3 is 10.0 Å². The van der Waals surface area contributed by atoms with Crippen LogP contribution in [0.4, 0.5) is 0 Å². The standard InChI is InChI=1S/C13H10O.C7H5BrO.C6H7BO2.2C2H6/c14-10-11-6-8-13(9-7-11)12-4-2-1-3-5-12;8-7-3-1-6(5-9)2-4-7;8-7(9)6-4-2-1-3-5-6;2*1-2/h1-10H;1-5H;1-5,8-9H;2*1-2H3. The van der Waals surface area contributed by atoms with Gasteiger partial charge in [0.2, 0.25) is 0 Å². The average Bonchev–Trinajstić information content (AvgIpc) is 2.97. The fourth-order valence-corrected chi connectivity index (χ4v) is 2.82. The summed E-state index contributed by atoms with van der Waals surface area (Å²) in [6, 6.07) is 33.5. The largest absolute Gasteiger partial charge is 0.488 e. The summed E-state index contributed by atoms with van der Waals surface area (Å²) >= 11 is 3.26. The van der Waals surface area contributed by atoms with Gasteiger partial charge in [0, 0.05) is 15.6 Å². The molecule has 0 atom stereocenters. The van der Waals surface area contributed by atoms with Gasteiger partial charge in [-0.15, -0.1) is 0 Å². The summed E-state index contributed by atoms with van der Waals surface area (Å²) < 4.78 is 0.994. The summed E-state index contributed by atoms with van der Waals surface area (Å²) in [6.07, 6.45) is 1.68. The third kappa shape index (κ3) is 13.5. The average molecular weight is 549 g/mol. The Balaban J connectivity index is 0.000000493. The Labute approximate surface area is 223 Å². The highest BCUT2D eigenvalue weighted by Gasteiger charge is 2.07. The summed E-state index contributed by atoms with van der Waals surface area (Å²) in [7, 11) is -1.34. The van der Waals surface area contributed by atoms with Crippen LogP contribution in [0.15, 0.2) is 114 Å². The Bertz CT molecular complexity index is 1070. The molecule has 4 aromatic rings. The topological polar surface area (TPSA) is 74.6 Å². The van der Waals surface area contributed by atoms with Crippen LogP contribution in [0.5, 0.6) is 0 Å². The smallest absolute Gasteiger partial charge is 0.423 e. The molecule has 4 aromatic carbocycles. The van der Waals surface area contributed by atoms with E-state index in [0.29, 0.717) is 16.6 Å². The molecule has 4 nitrogen and oxygen atoms in total. The van der Waals surface area contributed by atoms with Crippen LogP contribution in [0.1, 0.15) is 48.4 Å². The summed E-state index contributed by atoms with van der Waals surface area (Å²) in [5, 5.41) is 17.2. The summed E-state index contributed by atoms with van der Waals surface area (Å²) in [5.41, 5.74) is 4.25. The second-order valence-electron chi connectivity index (χ2n) is 6.56. The van der Waals surface area contributed by atoms with E-state index in [1.54, 1.807) is 36.4 Å². The maximum Gasteiger partial charge on any atom is 0.488 e. The quantitative estimate of drug-likeness (QED) is 0.216. The van der Waals surface area contributed by atoms with Crippen molar-refractivity contribution in [1.82, 2.24) is 0 Å². The van der Waals surface area contributed by atoms with E-state index in [0.717, 1.165) is 22.6 Å². The lowest BCUT2D eigenvalue weighted by atomic mass is 9.81. The molecule has 4 rings (SSSR count). The van der Waals surface area contributed by atoms with Gasteiger partial charge in [0.25, 0.3) is 0 Å². The molecule has 188 valence electrons. The van der Waals surface area contributed by atoms with E-state index in [9.17, 15) is 9.59 Å². The Morgan fingerprint density at radius 1 is 0.556 bits per heavy atom. The van der Waals surface area contributed by atoms with Crippen LogP contribution in [-0.2, 0) is 0 Å². The second-order valence-corrected chi connectivity index (χ2v) is 7.48. The first kappa shape index (κ1) is 32.7. The first-order valence-corrected chi connectivity index (χ1v) is 12.5. The zero-order valence-electron chi connectivity index (χ0n) is 21.2. The Morgan fingerprint density at radius 2 is 0.917 bits per heavy atom. The van der Waals surface area contributed by atoms with Crippen LogP contribution in [0.2, 0.25) is 0 Å². The van der Waals surface area contributed by atoms with E-state index in [-0.39, 0.29) is 0 Å². The molecule has 0 saturated heterocycles. The SMILES string of the molecule is CC.CC.O=Cc1ccc(-c2ccccc2)cc1.O=Cc1ccc(Br)cc1.OB(O)c1ccccc1. The molecule has 6 heteroatoms. The van der Waals surface area contributed by atoms with Crippen molar-refractivity contribution in [2.45, 2.75) is 27.7 Å². The van der Waals surface area contributed by atoms with Crippen LogP contribution in [0, 0.1) is 0 Å². The number of benzene rings is 4. The molecule has 36 heavy (non-hydrogen) atoms. The third-order valence-corrected chi connectivity index (χ3v) is 4.79. The van der Waals surface area contributed by atoms with E-state index < -0.39 is 7.12 Å². The molecule has 0 aliphatic carbocycles. The Morgan fingerprint density at radius 3 is 1.28 bits per heavy atom. The molecule has 0 aromatic heterocycles. The maximum atomic E-state index is 10.5. The lowest BCUT2D eigenvalue weighted by Gasteiger charge is -2.00. The molecular weight excluding hydrogens is 515 g/mol. The lowest BCUT2D eigenvalue weighted by Crippen LogP contribution is -2.29. The van der Waals surface area contributed by atoms with Gasteiger partial charge in [0.1, 0.15) is 12.6 Å². The fraction of sp³-hybridized carbons (Fsp3) is 0.133. The molecule has 0 fully saturated rings. The van der Waals surface area contributed by atoms with Crippen molar-refractivity contribution in [1.29, 1.82) is 0 Å². The minimum Gasteiger partial charge on any atom is -0.423 e. The van der Waals surface area contributed by atoms with Crippen LogP contribution < -0.4 is 5.46 Å². The van der Waals surface area contributed by atoms with Crippen LogP contribution in [-0.4, -0.2) is 29.7 Å². The van der Waals surface area contributed by atoms with Gasteiger partial charge in [-0.1, -0.05) is 141 Å². The third-order valence-electron chi connectivity index (χ3n) is 4.26. The summed E-state index contributed by atoms with van der Waals surface area (Å²) in [4.78, 5) is 20.6. The molecule has 0 unspecified atom stereocenters. The number of halogens is 1. The second kappa shape index (κ2) is 21.0. The van der Waals surface area contributed by atoms with E-state index in [2.05, 4.69) is 28.1 Å². The molecule has 0 aliphatic rings. The van der Waals surface area contributed by atoms with E-state index >= 15 is 0 Å². The molecule has 0 bridgehead atoms. The molecule has 0 heterocycles. The van der Waals surface area contributed by atoms with Gasteiger partial charge in [-0.25, -0.2) is 0 Å². The number of rotatable bonds is 4. The van der Waals surface area contributed by atoms with Crippen molar-refractivity contribution >= 4 is 41.1 Å². The van der Waals surface area contributed by atoms with Crippen molar-refractivity contribution in [2.75, 3.05) is 0 Å². The predicted octanol–water partition coefficient (Wildman–Crippen LogP) is 6.85. The van der Waals surface area contributed by atoms with Gasteiger partial charge in [0.05, 0.1) is 0 Å². The Hall–Kier alpha value is -3.32. The first-order chi connectivity index (χ1) is 17.5. The molecule has 0 spiro atoms. The van der Waals surface area contributed by atoms with Crippen LogP contribution >= 0.6 is 15.9 Å². The zero-order valence-corrected chi connectivity index (χ0v) is 22.8. The Kier molecular flexibility index (Phi) is 19.1. The fourth-order valence-electron chi connectivity index (χ4n) is 2.55. The van der Waals surface area contributed by atoms with Gasteiger partial charge >= 0.3 is 7.12 Å². The lowest BCUT2D eigenvalue weighted by molar-refractivity contribution is 0.111. The molecule has 2 N–H and O–H groups in total.